The Balaban J connectivity index is 0.000000215. The molecule has 0 unspecified atom stereocenters. The van der Waals surface area contributed by atoms with E-state index in [2.05, 4.69) is 46.6 Å². The number of hydrogen-bond acceptors (Lipinski definition) is 10. The molecular formula is C20H10Br2Cl2N4O9. The van der Waals surface area contributed by atoms with E-state index in [1.807, 2.05) is 0 Å². The molecule has 37 heavy (non-hydrogen) atoms. The number of cyclic esters (lactones) is 2. The fourth-order valence-corrected chi connectivity index (χ4v) is 3.41. The van der Waals surface area contributed by atoms with Crippen molar-refractivity contribution in [2.75, 3.05) is 10.6 Å². The fourth-order valence-electron chi connectivity index (χ4n) is 2.35. The molecule has 0 spiro atoms. The summed E-state index contributed by atoms with van der Waals surface area (Å²) in [6.07, 6.45) is 2.16. The molecule has 2 aliphatic heterocycles. The van der Waals surface area contributed by atoms with Gasteiger partial charge in [-0.05, 0) is 56.1 Å². The van der Waals surface area contributed by atoms with Gasteiger partial charge >= 0.3 is 23.9 Å². The summed E-state index contributed by atoms with van der Waals surface area (Å²) in [6, 6.07) is 4.71. The van der Waals surface area contributed by atoms with Gasteiger partial charge in [0.05, 0.1) is 15.6 Å². The van der Waals surface area contributed by atoms with Crippen LogP contribution in [0.4, 0.5) is 11.6 Å². The number of halogens is 4. The smallest absolute Gasteiger partial charge is 0.353 e. The molecule has 2 aromatic heterocycles. The largest absolute Gasteiger partial charge is 0.478 e. The van der Waals surface area contributed by atoms with Gasteiger partial charge in [-0.25, -0.2) is 34.0 Å². The molecule has 0 radical (unpaired) electrons. The Morgan fingerprint density at radius 1 is 0.865 bits per heavy atom. The molecule has 0 aromatic carbocycles. The first-order valence-electron chi connectivity index (χ1n) is 9.15. The molecule has 0 bridgehead atoms. The molecule has 0 saturated heterocycles. The number of carboxylic acid groups (broad SMARTS) is 2. The van der Waals surface area contributed by atoms with Crippen molar-refractivity contribution >= 4 is 102 Å². The minimum Gasteiger partial charge on any atom is -0.478 e. The lowest BCUT2D eigenvalue weighted by Crippen LogP contribution is -2.31. The van der Waals surface area contributed by atoms with Gasteiger partial charge in [0.15, 0.2) is 0 Å². The van der Waals surface area contributed by atoms with E-state index in [0.717, 1.165) is 29.2 Å². The third kappa shape index (κ3) is 8.18. The van der Waals surface area contributed by atoms with Crippen LogP contribution in [0.1, 0.15) is 20.7 Å². The number of rotatable bonds is 3. The number of nitrogens with two attached hydrogens (primary N) is 1. The van der Waals surface area contributed by atoms with Gasteiger partial charge in [-0.15, -0.1) is 0 Å². The second-order valence-electron chi connectivity index (χ2n) is 6.42. The first-order valence-corrected chi connectivity index (χ1v) is 11.5. The summed E-state index contributed by atoms with van der Waals surface area (Å²) in [4.78, 5) is 72.9. The Morgan fingerprint density at radius 2 is 1.41 bits per heavy atom. The number of carbonyl (C=O) groups is 6. The van der Waals surface area contributed by atoms with Crippen LogP contribution >= 0.6 is 55.1 Å². The first kappa shape index (κ1) is 29.6. The number of amides is 2. The zero-order valence-corrected chi connectivity index (χ0v) is 22.3. The van der Waals surface area contributed by atoms with Crippen molar-refractivity contribution in [2.45, 2.75) is 0 Å². The van der Waals surface area contributed by atoms with Crippen molar-refractivity contribution in [1.82, 2.24) is 9.97 Å². The third-order valence-corrected chi connectivity index (χ3v) is 5.34. The van der Waals surface area contributed by atoms with Gasteiger partial charge in [-0.2, -0.15) is 0 Å². The predicted octanol–water partition coefficient (Wildman–Crippen LogP) is 2.95. The lowest BCUT2D eigenvalue weighted by Gasteiger charge is -2.13. The van der Waals surface area contributed by atoms with Gasteiger partial charge in [-0.3, -0.25) is 9.59 Å². The quantitative estimate of drug-likeness (QED) is 0.185. The van der Waals surface area contributed by atoms with Crippen LogP contribution < -0.4 is 10.6 Å². The number of nitrogens with zero attached hydrogens (tertiary/aromatic N) is 3. The van der Waals surface area contributed by atoms with Crippen molar-refractivity contribution in [3.05, 3.63) is 66.8 Å². The highest BCUT2D eigenvalue weighted by atomic mass is 79.9. The molecule has 4 N–H and O–H groups in total. The number of carbonyl (C=O) groups excluding carboxylic acids is 4. The minimum absolute atomic E-state index is 0.0440. The van der Waals surface area contributed by atoms with Crippen molar-refractivity contribution in [1.29, 1.82) is 0 Å². The summed E-state index contributed by atoms with van der Waals surface area (Å²) in [5, 5.41) is 17.3. The molecular weight excluding hydrogens is 671 g/mol. The fraction of sp³-hybridized carbons (Fsp3) is 0. The van der Waals surface area contributed by atoms with Gasteiger partial charge < -0.3 is 20.7 Å². The van der Waals surface area contributed by atoms with E-state index in [1.54, 1.807) is 0 Å². The Morgan fingerprint density at radius 3 is 1.78 bits per heavy atom. The molecule has 192 valence electrons. The van der Waals surface area contributed by atoms with Gasteiger partial charge in [0.25, 0.3) is 11.8 Å². The SMILES string of the molecule is Nc1cc(C(=O)O)cc(Cl)n1.O=C(O)c1cc(Cl)nc(N2C(=O)C=C(Br)C2=O)c1.O=C1C=C(Br)C(=O)O1. The number of anilines is 2. The number of hydrogen-bond donors (Lipinski definition) is 3. The van der Waals surface area contributed by atoms with Crippen LogP contribution in [-0.4, -0.2) is 55.9 Å². The van der Waals surface area contributed by atoms with Gasteiger partial charge in [-0.1, -0.05) is 23.2 Å². The maximum Gasteiger partial charge on any atom is 0.353 e. The third-order valence-electron chi connectivity index (χ3n) is 3.83. The Hall–Kier alpha value is -3.66. The van der Waals surface area contributed by atoms with E-state index >= 15 is 0 Å². The van der Waals surface area contributed by atoms with Crippen LogP contribution in [-0.2, 0) is 23.9 Å². The van der Waals surface area contributed by atoms with Crippen molar-refractivity contribution < 1.29 is 43.7 Å². The zero-order valence-electron chi connectivity index (χ0n) is 17.6. The number of carboxylic acids is 2. The van der Waals surface area contributed by atoms with Crippen LogP contribution in [0.3, 0.4) is 0 Å². The van der Waals surface area contributed by atoms with Gasteiger partial charge in [0, 0.05) is 12.2 Å². The molecule has 0 saturated carbocycles. The van der Waals surface area contributed by atoms with Crippen molar-refractivity contribution in [3.8, 4) is 0 Å². The lowest BCUT2D eigenvalue weighted by molar-refractivity contribution is -0.150. The molecule has 2 aromatic rings. The summed E-state index contributed by atoms with van der Waals surface area (Å²) in [5.41, 5.74) is 5.12. The number of ether oxygens (including phenoxy) is 1. The molecule has 4 heterocycles. The molecule has 0 fully saturated rings. The van der Waals surface area contributed by atoms with Crippen molar-refractivity contribution in [3.63, 3.8) is 0 Å². The Kier molecular flexibility index (Phi) is 10.0. The van der Waals surface area contributed by atoms with Crippen LogP contribution in [0.5, 0.6) is 0 Å². The maximum atomic E-state index is 11.7. The lowest BCUT2D eigenvalue weighted by atomic mass is 10.2. The average molecular weight is 681 g/mol. The van der Waals surface area contributed by atoms with E-state index < -0.39 is 35.7 Å². The number of aromatic carboxylic acids is 2. The van der Waals surface area contributed by atoms with Crippen LogP contribution in [0.15, 0.2) is 45.4 Å². The summed E-state index contributed by atoms with van der Waals surface area (Å²) >= 11 is 16.8. The monoisotopic (exact) mass is 678 g/mol. The second-order valence-corrected chi connectivity index (χ2v) is 8.91. The topological polar surface area (TPSA) is 207 Å². The number of pyridine rings is 2. The summed E-state index contributed by atoms with van der Waals surface area (Å²) < 4.78 is 4.31. The first-order chi connectivity index (χ1) is 17.2. The normalized spacial score (nSPS) is 14.1. The number of aromatic nitrogens is 2. The van der Waals surface area contributed by atoms with E-state index in [1.165, 1.54) is 12.1 Å². The summed E-state index contributed by atoms with van der Waals surface area (Å²) in [5.74, 6) is -4.77. The molecule has 0 atom stereocenters. The van der Waals surface area contributed by atoms with Crippen LogP contribution in [0.25, 0.3) is 0 Å². The minimum atomic E-state index is -1.23. The van der Waals surface area contributed by atoms with E-state index in [4.69, 9.17) is 39.1 Å². The molecule has 17 heteroatoms. The highest BCUT2D eigenvalue weighted by molar-refractivity contribution is 9.12. The van der Waals surface area contributed by atoms with E-state index in [9.17, 15) is 28.8 Å². The Labute approximate surface area is 232 Å². The Bertz CT molecular complexity index is 1390. The summed E-state index contributed by atoms with van der Waals surface area (Å²) in [6.45, 7) is 0. The van der Waals surface area contributed by atoms with E-state index in [-0.39, 0.29) is 42.0 Å². The summed E-state index contributed by atoms with van der Waals surface area (Å²) in [7, 11) is 0. The number of nitrogen functional groups attached to an aromatic ring is 1. The zero-order chi connectivity index (χ0) is 28.0. The highest BCUT2D eigenvalue weighted by Gasteiger charge is 2.32. The number of imide groups is 1. The highest BCUT2D eigenvalue weighted by Crippen LogP contribution is 2.26. The maximum absolute atomic E-state index is 11.7. The van der Waals surface area contributed by atoms with Gasteiger partial charge in [0.1, 0.15) is 26.4 Å². The van der Waals surface area contributed by atoms with E-state index in [0.29, 0.717) is 0 Å². The molecule has 4 rings (SSSR count). The molecule has 2 aliphatic rings. The molecule has 13 nitrogen and oxygen atoms in total. The van der Waals surface area contributed by atoms with Gasteiger partial charge in [0.2, 0.25) is 0 Å². The predicted molar refractivity (Wildman–Crippen MR) is 134 cm³/mol. The standard InChI is InChI=1S/C10H4BrClN2O4.C6H5ClN2O2.C4HBrO3/c11-5-3-8(15)14(9(5)16)7-2-4(10(17)18)1-6(12)13-7;7-4-1-3(6(10)11)2-5(8)9-4;5-2-1-3(6)8-4(2)7/h1-3H,(H,17,18);1-2H,(H2,8,9)(H,10,11);1H. The second kappa shape index (κ2) is 12.5. The molecule has 2 amide bonds. The van der Waals surface area contributed by atoms with Crippen molar-refractivity contribution in [2.24, 2.45) is 0 Å². The van der Waals surface area contributed by atoms with Crippen LogP contribution in [0.2, 0.25) is 10.3 Å². The number of esters is 2. The average Bonchev–Trinajstić information content (AvgIpc) is 3.22. The van der Waals surface area contributed by atoms with Crippen LogP contribution in [0, 0.1) is 0 Å². The molecule has 0 aliphatic carbocycles.